The highest BCUT2D eigenvalue weighted by Crippen LogP contribution is 2.11. The van der Waals surface area contributed by atoms with E-state index in [1.54, 1.807) is 4.90 Å². The largest absolute Gasteiger partial charge is 0.339 e. The van der Waals surface area contributed by atoms with Crippen molar-refractivity contribution in [2.24, 2.45) is 16.8 Å². The molecule has 0 radical (unpaired) electrons. The van der Waals surface area contributed by atoms with Gasteiger partial charge in [0.1, 0.15) is 0 Å². The zero-order valence-corrected chi connectivity index (χ0v) is 12.9. The summed E-state index contributed by atoms with van der Waals surface area (Å²) in [7, 11) is -3.65. The molecule has 1 heterocycles. The first kappa shape index (κ1) is 18.6. The Morgan fingerprint density at radius 1 is 1.26 bits per heavy atom. The molecule has 114 valence electrons. The summed E-state index contributed by atoms with van der Waals surface area (Å²) in [5, 5.41) is 5.03. The Morgan fingerprint density at radius 2 is 1.74 bits per heavy atom. The van der Waals surface area contributed by atoms with Crippen LogP contribution in [0.15, 0.2) is 0 Å². The Kier molecular flexibility index (Phi) is 7.23. The maximum absolute atomic E-state index is 12.1. The van der Waals surface area contributed by atoms with Crippen molar-refractivity contribution in [1.29, 1.82) is 0 Å². The summed E-state index contributed by atoms with van der Waals surface area (Å²) in [5.74, 6) is 0.00666. The summed E-state index contributed by atoms with van der Waals surface area (Å²) in [5.41, 5.74) is 5.87. The number of rotatable bonds is 4. The van der Waals surface area contributed by atoms with E-state index in [1.807, 2.05) is 13.8 Å². The molecule has 9 heteroatoms. The van der Waals surface area contributed by atoms with E-state index in [9.17, 15) is 13.2 Å². The lowest BCUT2D eigenvalue weighted by molar-refractivity contribution is -0.134. The molecule has 7 nitrogen and oxygen atoms in total. The van der Waals surface area contributed by atoms with E-state index in [2.05, 4.69) is 0 Å². The van der Waals surface area contributed by atoms with Crippen LogP contribution >= 0.6 is 12.4 Å². The van der Waals surface area contributed by atoms with E-state index < -0.39 is 16.3 Å². The summed E-state index contributed by atoms with van der Waals surface area (Å²) in [6.45, 7) is 5.08. The Hall–Kier alpha value is -0.410. The van der Waals surface area contributed by atoms with Crippen LogP contribution in [0, 0.1) is 5.92 Å². The van der Waals surface area contributed by atoms with Gasteiger partial charge >= 0.3 is 0 Å². The molecule has 0 bridgehead atoms. The predicted octanol–water partition coefficient (Wildman–Crippen LogP) is -0.871. The third-order valence-electron chi connectivity index (χ3n) is 3.45. The van der Waals surface area contributed by atoms with Gasteiger partial charge in [0.2, 0.25) is 5.91 Å². The number of nitrogens with zero attached hydrogens (tertiary/aromatic N) is 2. The van der Waals surface area contributed by atoms with Gasteiger partial charge in [-0.2, -0.15) is 12.7 Å². The van der Waals surface area contributed by atoms with Crippen LogP contribution in [-0.2, 0) is 15.0 Å². The van der Waals surface area contributed by atoms with Crippen molar-refractivity contribution in [3.8, 4) is 0 Å². The number of nitrogens with two attached hydrogens (primary N) is 2. The molecule has 0 aliphatic carbocycles. The average molecular weight is 315 g/mol. The minimum absolute atomic E-state index is 0. The van der Waals surface area contributed by atoms with Crippen LogP contribution in [0.2, 0.25) is 0 Å². The molecule has 1 saturated heterocycles. The summed E-state index contributed by atoms with van der Waals surface area (Å²) in [6, 6.07) is -0.518. The van der Waals surface area contributed by atoms with E-state index in [0.717, 1.165) is 6.42 Å². The van der Waals surface area contributed by atoms with E-state index in [-0.39, 0.29) is 37.3 Å². The molecule has 1 aliphatic rings. The Labute approximate surface area is 120 Å². The molecule has 1 fully saturated rings. The molecular weight excluding hydrogens is 292 g/mol. The second-order valence-electron chi connectivity index (χ2n) is 4.68. The number of piperazine rings is 1. The highest BCUT2D eigenvalue weighted by atomic mass is 35.5. The fourth-order valence-corrected chi connectivity index (χ4v) is 2.54. The summed E-state index contributed by atoms with van der Waals surface area (Å²) in [4.78, 5) is 13.7. The average Bonchev–Trinajstić information content (AvgIpc) is 2.35. The van der Waals surface area contributed by atoms with Gasteiger partial charge in [0.15, 0.2) is 0 Å². The standard InChI is InChI=1S/C10H22N4O3S.ClH/c1-3-8(2)9(11)10(15)13-4-6-14(7-5-13)18(12,16)17;/h8-9H,3-7,11H2,1-2H3,(H2,12,16,17);1H. The molecule has 2 atom stereocenters. The maximum atomic E-state index is 12.1. The second-order valence-corrected chi connectivity index (χ2v) is 6.23. The lowest BCUT2D eigenvalue weighted by Gasteiger charge is -2.35. The Balaban J connectivity index is 0.00000324. The van der Waals surface area contributed by atoms with E-state index in [1.165, 1.54) is 4.31 Å². The van der Waals surface area contributed by atoms with Crippen LogP contribution in [0.1, 0.15) is 20.3 Å². The molecule has 0 aromatic carbocycles. The normalized spacial score (nSPS) is 20.5. The van der Waals surface area contributed by atoms with E-state index in [4.69, 9.17) is 10.9 Å². The molecule has 0 spiro atoms. The second kappa shape index (κ2) is 7.39. The minimum atomic E-state index is -3.65. The quantitative estimate of drug-likeness (QED) is 0.702. The minimum Gasteiger partial charge on any atom is -0.339 e. The lowest BCUT2D eigenvalue weighted by atomic mass is 9.99. The molecule has 2 unspecified atom stereocenters. The molecule has 0 saturated carbocycles. The van der Waals surface area contributed by atoms with Crippen LogP contribution in [0.5, 0.6) is 0 Å². The van der Waals surface area contributed by atoms with Gasteiger partial charge in [-0.15, -0.1) is 12.4 Å². The van der Waals surface area contributed by atoms with Gasteiger partial charge in [-0.3, -0.25) is 4.79 Å². The zero-order valence-electron chi connectivity index (χ0n) is 11.3. The highest BCUT2D eigenvalue weighted by Gasteiger charge is 2.30. The molecule has 4 N–H and O–H groups in total. The van der Waals surface area contributed by atoms with Crippen molar-refractivity contribution in [2.45, 2.75) is 26.3 Å². The summed E-state index contributed by atoms with van der Waals surface area (Å²) in [6.07, 6.45) is 0.837. The number of hydrogen-bond acceptors (Lipinski definition) is 4. The van der Waals surface area contributed by atoms with Crippen LogP contribution in [0.25, 0.3) is 0 Å². The van der Waals surface area contributed by atoms with Crippen molar-refractivity contribution in [3.05, 3.63) is 0 Å². The SMILES string of the molecule is CCC(C)C(N)C(=O)N1CCN(S(N)(=O)=O)CC1.Cl. The Morgan fingerprint density at radius 3 is 2.11 bits per heavy atom. The van der Waals surface area contributed by atoms with Crippen molar-refractivity contribution in [3.63, 3.8) is 0 Å². The molecule has 1 rings (SSSR count). The fourth-order valence-electron chi connectivity index (χ4n) is 1.87. The molecule has 19 heavy (non-hydrogen) atoms. The third-order valence-corrected chi connectivity index (χ3v) is 4.54. The molecule has 1 amide bonds. The van der Waals surface area contributed by atoms with Crippen molar-refractivity contribution < 1.29 is 13.2 Å². The van der Waals surface area contributed by atoms with Gasteiger partial charge in [0.25, 0.3) is 10.2 Å². The summed E-state index contributed by atoms with van der Waals surface area (Å²) >= 11 is 0. The number of hydrogen-bond donors (Lipinski definition) is 2. The number of halogens is 1. The zero-order chi connectivity index (χ0) is 13.9. The maximum Gasteiger partial charge on any atom is 0.277 e. The first-order chi connectivity index (χ1) is 8.27. The first-order valence-electron chi connectivity index (χ1n) is 6.09. The molecule has 1 aliphatic heterocycles. The van der Waals surface area contributed by atoms with Gasteiger partial charge in [0, 0.05) is 26.2 Å². The van der Waals surface area contributed by atoms with Gasteiger partial charge in [-0.1, -0.05) is 20.3 Å². The van der Waals surface area contributed by atoms with Crippen LogP contribution in [0.4, 0.5) is 0 Å². The predicted molar refractivity (Wildman–Crippen MR) is 75.9 cm³/mol. The van der Waals surface area contributed by atoms with Gasteiger partial charge in [-0.25, -0.2) is 5.14 Å². The molecule has 0 aromatic rings. The van der Waals surface area contributed by atoms with Gasteiger partial charge in [0.05, 0.1) is 6.04 Å². The van der Waals surface area contributed by atoms with Crippen molar-refractivity contribution >= 4 is 28.5 Å². The van der Waals surface area contributed by atoms with Crippen LogP contribution < -0.4 is 10.9 Å². The van der Waals surface area contributed by atoms with E-state index >= 15 is 0 Å². The van der Waals surface area contributed by atoms with Gasteiger partial charge in [-0.05, 0) is 5.92 Å². The smallest absolute Gasteiger partial charge is 0.277 e. The first-order valence-corrected chi connectivity index (χ1v) is 7.60. The number of amides is 1. The monoisotopic (exact) mass is 314 g/mol. The molecule has 0 aromatic heterocycles. The topological polar surface area (TPSA) is 110 Å². The van der Waals surface area contributed by atoms with Gasteiger partial charge < -0.3 is 10.6 Å². The Bertz CT molecular complexity index is 396. The lowest BCUT2D eigenvalue weighted by Crippen LogP contribution is -2.56. The van der Waals surface area contributed by atoms with Crippen molar-refractivity contribution in [1.82, 2.24) is 9.21 Å². The third kappa shape index (κ3) is 4.88. The molecular formula is C10H23ClN4O3S. The highest BCUT2D eigenvalue weighted by molar-refractivity contribution is 7.86. The van der Waals surface area contributed by atoms with Crippen molar-refractivity contribution in [2.75, 3.05) is 26.2 Å². The fraction of sp³-hybridized carbons (Fsp3) is 0.900. The number of carbonyl (C=O) groups excluding carboxylic acids is 1. The van der Waals surface area contributed by atoms with E-state index in [0.29, 0.717) is 13.1 Å². The summed E-state index contributed by atoms with van der Waals surface area (Å²) < 4.78 is 23.4. The van der Waals surface area contributed by atoms with Crippen LogP contribution in [0.3, 0.4) is 0 Å². The number of carbonyl (C=O) groups is 1. The van der Waals surface area contributed by atoms with Crippen LogP contribution in [-0.4, -0.2) is 55.8 Å².